The molecule has 0 spiro atoms. The summed E-state index contributed by atoms with van der Waals surface area (Å²) in [5.74, 6) is -2.31. The van der Waals surface area contributed by atoms with Crippen LogP contribution in [-0.2, 0) is 9.53 Å². The second-order valence-corrected chi connectivity index (χ2v) is 8.15. The average Bonchev–Trinajstić information content (AvgIpc) is 2.75. The highest BCUT2D eigenvalue weighted by Crippen LogP contribution is 2.36. The van der Waals surface area contributed by atoms with Crippen molar-refractivity contribution in [2.24, 2.45) is 0 Å². The third kappa shape index (κ3) is 5.14. The molecule has 0 fully saturated rings. The predicted octanol–water partition coefficient (Wildman–Crippen LogP) is 4.37. The fraction of sp³-hybridized carbons (Fsp3) is 0.269. The van der Waals surface area contributed by atoms with Crippen LogP contribution in [0.1, 0.15) is 52.1 Å². The minimum absolute atomic E-state index is 0.0775. The maximum Gasteiger partial charge on any atom is 0.344 e. The topological polar surface area (TPSA) is 110 Å². The minimum Gasteiger partial charge on any atom is -0.507 e. The number of para-hydroxylation sites is 1. The van der Waals surface area contributed by atoms with E-state index in [9.17, 15) is 24.6 Å². The van der Waals surface area contributed by atoms with Crippen molar-refractivity contribution in [3.05, 3.63) is 75.9 Å². The molecule has 2 aromatic rings. The van der Waals surface area contributed by atoms with Crippen LogP contribution in [0.5, 0.6) is 17.2 Å². The van der Waals surface area contributed by atoms with E-state index in [-0.39, 0.29) is 29.7 Å². The number of Topliss-reactive ketones (excluding diaryl/α,β-unsaturated/α-hetero) is 1. The number of rotatable bonds is 7. The van der Waals surface area contributed by atoms with Crippen LogP contribution in [0.15, 0.2) is 53.6 Å². The Labute approximate surface area is 192 Å². The fourth-order valence-electron chi connectivity index (χ4n) is 3.65. The molecule has 0 aliphatic heterocycles. The Morgan fingerprint density at radius 3 is 2.21 bits per heavy atom. The van der Waals surface area contributed by atoms with Gasteiger partial charge >= 0.3 is 5.97 Å². The van der Waals surface area contributed by atoms with Crippen molar-refractivity contribution in [2.45, 2.75) is 40.2 Å². The van der Waals surface area contributed by atoms with E-state index in [1.807, 2.05) is 45.9 Å². The summed E-state index contributed by atoms with van der Waals surface area (Å²) in [6, 6.07) is 7.89. The normalized spacial score (nSPS) is 13.6. The molecule has 3 rings (SSSR count). The lowest BCUT2D eigenvalue weighted by Crippen LogP contribution is -2.30. The van der Waals surface area contributed by atoms with E-state index in [0.717, 1.165) is 34.9 Å². The Hall–Kier alpha value is -3.87. The van der Waals surface area contributed by atoms with Crippen LogP contribution in [0, 0.1) is 13.8 Å². The molecule has 2 aromatic carbocycles. The first-order chi connectivity index (χ1) is 15.6. The number of aryl methyl sites for hydroxylation is 2. The Balaban J connectivity index is 1.86. The van der Waals surface area contributed by atoms with Crippen LogP contribution in [0.3, 0.4) is 0 Å². The molecule has 33 heavy (non-hydrogen) atoms. The number of ether oxygens (including phenoxy) is 2. The molecule has 0 amide bonds. The molecule has 1 aliphatic rings. The summed E-state index contributed by atoms with van der Waals surface area (Å²) in [6.07, 6.45) is 1.91. The number of phenolic OH excluding ortho intramolecular Hbond substituents is 2. The predicted molar refractivity (Wildman–Crippen MR) is 122 cm³/mol. The van der Waals surface area contributed by atoms with Crippen molar-refractivity contribution < 1.29 is 34.1 Å². The largest absolute Gasteiger partial charge is 0.507 e. The molecule has 7 nitrogen and oxygen atoms in total. The van der Waals surface area contributed by atoms with Crippen LogP contribution in [0.2, 0.25) is 0 Å². The van der Waals surface area contributed by atoms with Crippen molar-refractivity contribution in [1.29, 1.82) is 0 Å². The number of ketones is 2. The average molecular weight is 450 g/mol. The van der Waals surface area contributed by atoms with Crippen molar-refractivity contribution in [3.63, 3.8) is 0 Å². The Bertz CT molecular complexity index is 1160. The fourth-order valence-corrected chi connectivity index (χ4v) is 3.65. The Morgan fingerprint density at radius 1 is 1.00 bits per heavy atom. The van der Waals surface area contributed by atoms with E-state index in [1.54, 1.807) is 6.08 Å². The second-order valence-electron chi connectivity index (χ2n) is 8.15. The van der Waals surface area contributed by atoms with Gasteiger partial charge in [0.2, 0.25) is 0 Å². The maximum atomic E-state index is 13.1. The number of fused-ring (bicyclic) bond motifs is 1. The monoisotopic (exact) mass is 450 g/mol. The second kappa shape index (κ2) is 9.73. The molecule has 0 radical (unpaired) electrons. The number of allylic oxidation sites excluding steroid dienone is 2. The number of hydrogen-bond acceptors (Lipinski definition) is 7. The summed E-state index contributed by atoms with van der Waals surface area (Å²) in [5.41, 5.74) is 2.01. The van der Waals surface area contributed by atoms with Gasteiger partial charge in [-0.15, -0.1) is 0 Å². The minimum atomic E-state index is -1.07. The van der Waals surface area contributed by atoms with Gasteiger partial charge in [0.25, 0.3) is 0 Å². The molecule has 0 saturated heterocycles. The smallest absolute Gasteiger partial charge is 0.344 e. The molecule has 172 valence electrons. The molecule has 0 aromatic heterocycles. The van der Waals surface area contributed by atoms with Crippen LogP contribution >= 0.6 is 0 Å². The number of carbonyl (C=O) groups is 3. The lowest BCUT2D eigenvalue weighted by molar-refractivity contribution is -0.149. The maximum absolute atomic E-state index is 13.1. The quantitative estimate of drug-likeness (QED) is 0.366. The molecule has 2 N–H and O–H groups in total. The molecular weight excluding hydrogens is 424 g/mol. The van der Waals surface area contributed by atoms with Crippen LogP contribution in [0.4, 0.5) is 0 Å². The third-order valence-corrected chi connectivity index (χ3v) is 5.29. The summed E-state index contributed by atoms with van der Waals surface area (Å²) >= 11 is 0. The first kappa shape index (κ1) is 23.8. The summed E-state index contributed by atoms with van der Waals surface area (Å²) in [7, 11) is 0. The summed E-state index contributed by atoms with van der Waals surface area (Å²) in [6.45, 7) is 7.05. The molecule has 1 aliphatic carbocycles. The van der Waals surface area contributed by atoms with Crippen molar-refractivity contribution in [1.82, 2.24) is 0 Å². The van der Waals surface area contributed by atoms with Gasteiger partial charge in [-0.1, -0.05) is 29.8 Å². The number of esters is 1. The van der Waals surface area contributed by atoms with Gasteiger partial charge in [0, 0.05) is 12.0 Å². The zero-order chi connectivity index (χ0) is 24.3. The standard InChI is InChI=1S/C26H26O7/c1-14(2)8-11-21(33-22(30)13-32-26-15(3)6-5-7-16(26)4)17-12-20(29)23-18(27)9-10-19(28)24(23)25(17)31/h5-10,12,21,27-28H,11,13H2,1-4H3/t21-/m1/s1. The molecule has 0 saturated carbocycles. The number of hydrogen-bond donors (Lipinski definition) is 2. The van der Waals surface area contributed by atoms with Gasteiger partial charge in [-0.25, -0.2) is 4.79 Å². The zero-order valence-electron chi connectivity index (χ0n) is 19.0. The molecule has 7 heteroatoms. The lowest BCUT2D eigenvalue weighted by Gasteiger charge is -2.23. The van der Waals surface area contributed by atoms with Gasteiger partial charge in [-0.2, -0.15) is 0 Å². The van der Waals surface area contributed by atoms with E-state index in [2.05, 4.69) is 0 Å². The number of benzene rings is 2. The summed E-state index contributed by atoms with van der Waals surface area (Å²) in [5, 5.41) is 20.2. The molecule has 0 heterocycles. The van der Waals surface area contributed by atoms with Gasteiger partial charge in [-0.05, 0) is 57.0 Å². The first-order valence-corrected chi connectivity index (χ1v) is 10.5. The van der Waals surface area contributed by atoms with E-state index in [4.69, 9.17) is 9.47 Å². The van der Waals surface area contributed by atoms with Crippen LogP contribution < -0.4 is 4.74 Å². The van der Waals surface area contributed by atoms with E-state index >= 15 is 0 Å². The number of aromatic hydroxyl groups is 2. The third-order valence-electron chi connectivity index (χ3n) is 5.29. The molecule has 1 atom stereocenters. The van der Waals surface area contributed by atoms with Gasteiger partial charge in [0.05, 0.1) is 11.1 Å². The molecule has 0 unspecified atom stereocenters. The van der Waals surface area contributed by atoms with Crippen LogP contribution in [0.25, 0.3) is 0 Å². The molecule has 0 bridgehead atoms. The highest BCUT2D eigenvalue weighted by Gasteiger charge is 2.35. The van der Waals surface area contributed by atoms with Crippen molar-refractivity contribution in [3.8, 4) is 17.2 Å². The van der Waals surface area contributed by atoms with Gasteiger partial charge in [0.15, 0.2) is 18.2 Å². The van der Waals surface area contributed by atoms with Crippen LogP contribution in [-0.4, -0.2) is 40.5 Å². The summed E-state index contributed by atoms with van der Waals surface area (Å²) in [4.78, 5) is 38.4. The highest BCUT2D eigenvalue weighted by atomic mass is 16.6. The Kier molecular flexibility index (Phi) is 7.01. The lowest BCUT2D eigenvalue weighted by atomic mass is 9.85. The van der Waals surface area contributed by atoms with Gasteiger partial charge < -0.3 is 19.7 Å². The zero-order valence-corrected chi connectivity index (χ0v) is 19.0. The van der Waals surface area contributed by atoms with Gasteiger partial charge in [0.1, 0.15) is 23.4 Å². The number of phenols is 2. The van der Waals surface area contributed by atoms with Gasteiger partial charge in [-0.3, -0.25) is 9.59 Å². The van der Waals surface area contributed by atoms with Crippen molar-refractivity contribution in [2.75, 3.05) is 6.61 Å². The Morgan fingerprint density at radius 2 is 1.61 bits per heavy atom. The molecular formula is C26H26O7. The van der Waals surface area contributed by atoms with E-state index in [0.29, 0.717) is 5.75 Å². The first-order valence-electron chi connectivity index (χ1n) is 10.5. The summed E-state index contributed by atoms with van der Waals surface area (Å²) < 4.78 is 11.2. The highest BCUT2D eigenvalue weighted by molar-refractivity contribution is 6.27. The van der Waals surface area contributed by atoms with E-state index in [1.165, 1.54) is 0 Å². The van der Waals surface area contributed by atoms with E-state index < -0.39 is 35.1 Å². The SMILES string of the molecule is CC(C)=CC[C@@H](OC(=O)COc1c(C)cccc1C)C1=CC(=O)c2c(O)ccc(O)c2C1=O. The number of carbonyl (C=O) groups excluding carboxylic acids is 3. The van der Waals surface area contributed by atoms with Crippen molar-refractivity contribution >= 4 is 17.5 Å².